The van der Waals surface area contributed by atoms with Crippen LogP contribution in [0.4, 0.5) is 5.69 Å². The molecule has 0 fully saturated rings. The fourth-order valence-electron chi connectivity index (χ4n) is 1.42. The molecule has 1 N–H and O–H groups in total. The molecule has 0 saturated heterocycles. The lowest BCUT2D eigenvalue weighted by Gasteiger charge is -2.06. The number of rotatable bonds is 4. The first-order chi connectivity index (χ1) is 8.54. The second kappa shape index (κ2) is 5.75. The maximum Gasteiger partial charge on any atom is 0.338 e. The van der Waals surface area contributed by atoms with Gasteiger partial charge >= 0.3 is 5.97 Å². The van der Waals surface area contributed by atoms with Crippen molar-refractivity contribution in [2.45, 2.75) is 13.5 Å². The minimum Gasteiger partial charge on any atom is -0.462 e. The Balaban J connectivity index is 3.42. The van der Waals surface area contributed by atoms with Gasteiger partial charge in [0.1, 0.15) is 0 Å². The first-order valence-corrected chi connectivity index (χ1v) is 5.04. The lowest BCUT2D eigenvalue weighted by molar-refractivity contribution is -0.385. The van der Waals surface area contributed by atoms with Crippen LogP contribution in [0.15, 0.2) is 12.1 Å². The number of aliphatic hydroxyl groups is 1. The summed E-state index contributed by atoms with van der Waals surface area (Å²) in [4.78, 5) is 21.5. The van der Waals surface area contributed by atoms with Crippen LogP contribution in [0.5, 0.6) is 0 Å². The van der Waals surface area contributed by atoms with Gasteiger partial charge in [0.05, 0.1) is 40.9 Å². The van der Waals surface area contributed by atoms with Crippen molar-refractivity contribution in [1.82, 2.24) is 0 Å². The minimum absolute atomic E-state index is 0.0858. The summed E-state index contributed by atoms with van der Waals surface area (Å²) in [5.74, 6) is -0.749. The van der Waals surface area contributed by atoms with E-state index in [0.717, 1.165) is 12.1 Å². The minimum atomic E-state index is -0.755. The predicted octanol–water partition coefficient (Wildman–Crippen LogP) is 1.14. The zero-order chi connectivity index (χ0) is 13.7. The Hall–Kier alpha value is -2.46. The number of esters is 1. The molecule has 18 heavy (non-hydrogen) atoms. The van der Waals surface area contributed by atoms with E-state index < -0.39 is 23.2 Å². The lowest BCUT2D eigenvalue weighted by atomic mass is 10.0. The number of hydrogen-bond donors (Lipinski definition) is 1. The zero-order valence-electron chi connectivity index (χ0n) is 9.54. The second-order valence-electron chi connectivity index (χ2n) is 3.27. The van der Waals surface area contributed by atoms with Crippen LogP contribution >= 0.6 is 0 Å². The van der Waals surface area contributed by atoms with Crippen LogP contribution < -0.4 is 0 Å². The van der Waals surface area contributed by atoms with Crippen LogP contribution in [-0.2, 0) is 11.3 Å². The number of nitrogens with zero attached hydrogens (tertiary/aromatic N) is 2. The molecule has 0 spiro atoms. The number of nitro groups is 1. The molecule has 0 bridgehead atoms. The van der Waals surface area contributed by atoms with Gasteiger partial charge in [0.25, 0.3) is 5.69 Å². The number of carbonyl (C=O) groups excluding carboxylic acids is 1. The third-order valence-corrected chi connectivity index (χ3v) is 2.21. The van der Waals surface area contributed by atoms with Crippen molar-refractivity contribution >= 4 is 11.7 Å². The highest BCUT2D eigenvalue weighted by Gasteiger charge is 2.22. The van der Waals surface area contributed by atoms with Gasteiger partial charge in [0, 0.05) is 6.07 Å². The first kappa shape index (κ1) is 13.6. The monoisotopic (exact) mass is 250 g/mol. The molecule has 0 atom stereocenters. The fraction of sp³-hybridized carbons (Fsp3) is 0.273. The molecule has 1 rings (SSSR count). The van der Waals surface area contributed by atoms with E-state index in [0.29, 0.717) is 0 Å². The third kappa shape index (κ3) is 2.61. The SMILES string of the molecule is CCOC(=O)c1cc(C#N)c(CO)c([N+](=O)[O-])c1. The molecular formula is C11H10N2O5. The molecule has 0 aromatic heterocycles. The predicted molar refractivity (Wildman–Crippen MR) is 59.7 cm³/mol. The van der Waals surface area contributed by atoms with Crippen molar-refractivity contribution in [3.05, 3.63) is 38.9 Å². The molecule has 7 nitrogen and oxygen atoms in total. The Morgan fingerprint density at radius 1 is 1.61 bits per heavy atom. The van der Waals surface area contributed by atoms with Crippen LogP contribution in [-0.4, -0.2) is 22.6 Å². The number of nitriles is 1. The van der Waals surface area contributed by atoms with Gasteiger partial charge in [-0.2, -0.15) is 5.26 Å². The first-order valence-electron chi connectivity index (χ1n) is 5.04. The molecule has 0 heterocycles. The summed E-state index contributed by atoms with van der Waals surface area (Å²) >= 11 is 0. The smallest absolute Gasteiger partial charge is 0.338 e. The van der Waals surface area contributed by atoms with E-state index in [4.69, 9.17) is 15.1 Å². The standard InChI is InChI=1S/C11H10N2O5/c1-2-18-11(15)7-3-8(5-12)9(6-14)10(4-7)13(16)17/h3-4,14H,2,6H2,1H3. The van der Waals surface area contributed by atoms with E-state index >= 15 is 0 Å². The van der Waals surface area contributed by atoms with E-state index in [1.54, 1.807) is 13.0 Å². The average molecular weight is 250 g/mol. The van der Waals surface area contributed by atoms with Gasteiger partial charge in [-0.3, -0.25) is 10.1 Å². The van der Waals surface area contributed by atoms with Gasteiger partial charge in [0.15, 0.2) is 0 Å². The molecule has 0 unspecified atom stereocenters. The summed E-state index contributed by atoms with van der Waals surface area (Å²) < 4.78 is 4.70. The summed E-state index contributed by atoms with van der Waals surface area (Å²) in [6, 6.07) is 3.86. The van der Waals surface area contributed by atoms with Crippen molar-refractivity contribution < 1.29 is 19.6 Å². The van der Waals surface area contributed by atoms with Gasteiger partial charge < -0.3 is 9.84 Å². The highest BCUT2D eigenvalue weighted by molar-refractivity contribution is 5.91. The molecule has 0 aliphatic heterocycles. The lowest BCUT2D eigenvalue weighted by Crippen LogP contribution is -2.08. The number of aliphatic hydroxyl groups excluding tert-OH is 1. The highest BCUT2D eigenvalue weighted by Crippen LogP contribution is 2.25. The van der Waals surface area contributed by atoms with Crippen LogP contribution in [0.25, 0.3) is 0 Å². The summed E-state index contributed by atoms with van der Waals surface area (Å²) in [7, 11) is 0. The quantitative estimate of drug-likeness (QED) is 0.486. The van der Waals surface area contributed by atoms with E-state index in [1.807, 2.05) is 0 Å². The van der Waals surface area contributed by atoms with E-state index in [9.17, 15) is 14.9 Å². The fourth-order valence-corrected chi connectivity index (χ4v) is 1.42. The molecule has 94 valence electrons. The summed E-state index contributed by atoms with van der Waals surface area (Å²) in [6.45, 7) is 1.07. The topological polar surface area (TPSA) is 113 Å². The van der Waals surface area contributed by atoms with Crippen LogP contribution in [0, 0.1) is 21.4 Å². The Labute approximate surface area is 102 Å². The normalized spacial score (nSPS) is 9.61. The molecule has 0 aliphatic carbocycles. The summed E-state index contributed by atoms with van der Waals surface area (Å²) in [5.41, 5.74) is -0.790. The third-order valence-electron chi connectivity index (χ3n) is 2.21. The number of carbonyl (C=O) groups is 1. The maximum atomic E-state index is 11.5. The summed E-state index contributed by atoms with van der Waals surface area (Å²) in [5, 5.41) is 28.7. The zero-order valence-corrected chi connectivity index (χ0v) is 9.54. The number of hydrogen-bond acceptors (Lipinski definition) is 6. The maximum absolute atomic E-state index is 11.5. The van der Waals surface area contributed by atoms with Crippen molar-refractivity contribution in [3.8, 4) is 6.07 Å². The Morgan fingerprint density at radius 2 is 2.28 bits per heavy atom. The molecule has 0 radical (unpaired) electrons. The summed E-state index contributed by atoms with van der Waals surface area (Å²) in [6.07, 6.45) is 0. The Bertz CT molecular complexity index is 533. The van der Waals surface area contributed by atoms with Crippen LogP contribution in [0.2, 0.25) is 0 Å². The van der Waals surface area contributed by atoms with Gasteiger partial charge in [-0.25, -0.2) is 4.79 Å². The average Bonchev–Trinajstić information content (AvgIpc) is 2.37. The van der Waals surface area contributed by atoms with E-state index in [1.165, 1.54) is 0 Å². The Morgan fingerprint density at radius 3 is 2.72 bits per heavy atom. The highest BCUT2D eigenvalue weighted by atomic mass is 16.6. The van der Waals surface area contributed by atoms with Crippen molar-refractivity contribution in [1.29, 1.82) is 5.26 Å². The molecular weight excluding hydrogens is 240 g/mol. The largest absolute Gasteiger partial charge is 0.462 e. The molecule has 1 aromatic carbocycles. The number of benzene rings is 1. The van der Waals surface area contributed by atoms with Crippen LogP contribution in [0.1, 0.15) is 28.4 Å². The van der Waals surface area contributed by atoms with Gasteiger partial charge in [-0.05, 0) is 13.0 Å². The van der Waals surface area contributed by atoms with Crippen molar-refractivity contribution in [2.75, 3.05) is 6.61 Å². The van der Waals surface area contributed by atoms with Gasteiger partial charge in [-0.15, -0.1) is 0 Å². The molecule has 1 aromatic rings. The van der Waals surface area contributed by atoms with Crippen LogP contribution in [0.3, 0.4) is 0 Å². The molecule has 0 amide bonds. The molecule has 7 heteroatoms. The van der Waals surface area contributed by atoms with Crippen molar-refractivity contribution in [2.24, 2.45) is 0 Å². The number of ether oxygens (including phenoxy) is 1. The molecule has 0 aliphatic rings. The molecule has 0 saturated carbocycles. The van der Waals surface area contributed by atoms with Gasteiger partial charge in [0.2, 0.25) is 0 Å². The second-order valence-corrected chi connectivity index (χ2v) is 3.27. The van der Waals surface area contributed by atoms with E-state index in [-0.39, 0.29) is 23.3 Å². The number of nitro benzene ring substituents is 1. The van der Waals surface area contributed by atoms with E-state index in [2.05, 4.69) is 0 Å². The van der Waals surface area contributed by atoms with Gasteiger partial charge in [-0.1, -0.05) is 0 Å². The van der Waals surface area contributed by atoms with Crippen molar-refractivity contribution in [3.63, 3.8) is 0 Å². The Kier molecular flexibility index (Phi) is 4.34.